The summed E-state index contributed by atoms with van der Waals surface area (Å²) in [6.45, 7) is 0. The number of nitrogens with zero attached hydrogens (tertiary/aromatic N) is 1. The van der Waals surface area contributed by atoms with Crippen LogP contribution in [0, 0.1) is 5.41 Å². The predicted molar refractivity (Wildman–Crippen MR) is 39.7 cm³/mol. The van der Waals surface area contributed by atoms with Crippen LogP contribution in [0.15, 0.2) is 18.3 Å². The van der Waals surface area contributed by atoms with Gasteiger partial charge in [-0.25, -0.2) is 0 Å². The third kappa shape index (κ3) is 1.22. The van der Waals surface area contributed by atoms with Gasteiger partial charge in [-0.3, -0.25) is 10.4 Å². The maximum atomic E-state index is 6.99. The number of anilines is 1. The second-order valence-electron chi connectivity index (χ2n) is 1.89. The number of nitrogens with two attached hydrogens (primary N) is 2. The number of rotatable bonds is 1. The second kappa shape index (κ2) is 2.34. The van der Waals surface area contributed by atoms with Gasteiger partial charge in [0.25, 0.3) is 0 Å². The standard InChI is InChI=1S/C6H8N4/c7-4-1-2-10-5(3-4)6(8)9/h1-3H,(H2,7,10)(H3,8,9). The van der Waals surface area contributed by atoms with Crippen LogP contribution < -0.4 is 11.5 Å². The smallest absolute Gasteiger partial charge is 0.141 e. The van der Waals surface area contributed by atoms with Gasteiger partial charge in [0.05, 0.1) is 0 Å². The lowest BCUT2D eigenvalue weighted by Gasteiger charge is -1.96. The molecule has 0 radical (unpaired) electrons. The Hall–Kier alpha value is -1.58. The van der Waals surface area contributed by atoms with Crippen LogP contribution in [0.25, 0.3) is 0 Å². The summed E-state index contributed by atoms with van der Waals surface area (Å²) in [5.74, 6) is -0.0627. The van der Waals surface area contributed by atoms with Gasteiger partial charge in [-0.05, 0) is 12.1 Å². The molecule has 52 valence electrons. The van der Waals surface area contributed by atoms with Gasteiger partial charge in [-0.2, -0.15) is 0 Å². The molecule has 0 saturated heterocycles. The van der Waals surface area contributed by atoms with Crippen LogP contribution >= 0.6 is 0 Å². The molecule has 0 aliphatic rings. The minimum Gasteiger partial charge on any atom is -0.399 e. The van der Waals surface area contributed by atoms with Gasteiger partial charge in [-0.1, -0.05) is 0 Å². The third-order valence-corrected chi connectivity index (χ3v) is 1.06. The van der Waals surface area contributed by atoms with Crippen molar-refractivity contribution < 1.29 is 0 Å². The maximum absolute atomic E-state index is 6.99. The molecule has 0 aliphatic carbocycles. The number of nitrogens with one attached hydrogen (secondary N) is 1. The van der Waals surface area contributed by atoms with E-state index in [0.717, 1.165) is 0 Å². The minimum absolute atomic E-state index is 0.0627. The zero-order chi connectivity index (χ0) is 7.56. The normalized spacial score (nSPS) is 9.20. The number of nitrogen functional groups attached to an aromatic ring is 2. The topological polar surface area (TPSA) is 88.8 Å². The Kier molecular flexibility index (Phi) is 1.53. The lowest BCUT2D eigenvalue weighted by Crippen LogP contribution is -2.13. The zero-order valence-corrected chi connectivity index (χ0v) is 5.33. The predicted octanol–water partition coefficient (Wildman–Crippen LogP) is -0.0521. The Bertz CT molecular complexity index is 256. The molecule has 10 heavy (non-hydrogen) atoms. The lowest BCUT2D eigenvalue weighted by atomic mass is 10.3. The highest BCUT2D eigenvalue weighted by Gasteiger charge is 1.95. The number of hydrogen-bond donors (Lipinski definition) is 3. The highest BCUT2D eigenvalue weighted by atomic mass is 14.8. The molecule has 0 saturated carbocycles. The molecular formula is C6H8N4. The number of aromatic nitrogens is 1. The highest BCUT2D eigenvalue weighted by Crippen LogP contribution is 2.00. The van der Waals surface area contributed by atoms with Crippen molar-refractivity contribution >= 4 is 11.5 Å². The van der Waals surface area contributed by atoms with E-state index in [1.807, 2.05) is 0 Å². The van der Waals surface area contributed by atoms with Crippen molar-refractivity contribution in [2.45, 2.75) is 0 Å². The summed E-state index contributed by atoms with van der Waals surface area (Å²) < 4.78 is 0. The van der Waals surface area contributed by atoms with Gasteiger partial charge in [0.15, 0.2) is 0 Å². The monoisotopic (exact) mass is 136 g/mol. The third-order valence-electron chi connectivity index (χ3n) is 1.06. The van der Waals surface area contributed by atoms with Crippen LogP contribution in [-0.2, 0) is 0 Å². The summed E-state index contributed by atoms with van der Waals surface area (Å²) in [5, 5.41) is 6.99. The molecule has 1 rings (SSSR count). The molecule has 0 unspecified atom stereocenters. The average Bonchev–Trinajstić information content (AvgIpc) is 1.88. The van der Waals surface area contributed by atoms with E-state index in [1.54, 1.807) is 12.1 Å². The van der Waals surface area contributed by atoms with E-state index in [2.05, 4.69) is 4.98 Å². The Morgan fingerprint density at radius 2 is 2.30 bits per heavy atom. The molecule has 1 aromatic heterocycles. The molecule has 0 amide bonds. The van der Waals surface area contributed by atoms with Crippen molar-refractivity contribution in [2.24, 2.45) is 5.73 Å². The van der Waals surface area contributed by atoms with Crippen LogP contribution in [0.3, 0.4) is 0 Å². The van der Waals surface area contributed by atoms with E-state index in [4.69, 9.17) is 16.9 Å². The van der Waals surface area contributed by atoms with Crippen molar-refractivity contribution in [2.75, 3.05) is 5.73 Å². The van der Waals surface area contributed by atoms with Crippen molar-refractivity contribution in [1.29, 1.82) is 5.41 Å². The van der Waals surface area contributed by atoms with Crippen LogP contribution in [-0.4, -0.2) is 10.8 Å². The Morgan fingerprint density at radius 1 is 1.60 bits per heavy atom. The van der Waals surface area contributed by atoms with Gasteiger partial charge in [0.2, 0.25) is 0 Å². The van der Waals surface area contributed by atoms with E-state index in [1.165, 1.54) is 6.20 Å². The van der Waals surface area contributed by atoms with Crippen molar-refractivity contribution in [3.8, 4) is 0 Å². The molecule has 0 spiro atoms. The molecule has 0 bridgehead atoms. The molecular weight excluding hydrogens is 128 g/mol. The fourth-order valence-corrected chi connectivity index (χ4v) is 0.594. The molecule has 0 fully saturated rings. The van der Waals surface area contributed by atoms with E-state index >= 15 is 0 Å². The summed E-state index contributed by atoms with van der Waals surface area (Å²) >= 11 is 0. The van der Waals surface area contributed by atoms with Crippen molar-refractivity contribution in [3.05, 3.63) is 24.0 Å². The maximum Gasteiger partial charge on any atom is 0.141 e. The summed E-state index contributed by atoms with van der Waals surface area (Å²) in [6, 6.07) is 3.20. The highest BCUT2D eigenvalue weighted by molar-refractivity contribution is 5.93. The Labute approximate surface area is 58.4 Å². The molecule has 4 nitrogen and oxygen atoms in total. The summed E-state index contributed by atoms with van der Waals surface area (Å²) in [4.78, 5) is 3.81. The molecule has 4 heteroatoms. The first-order valence-electron chi connectivity index (χ1n) is 2.76. The first-order valence-corrected chi connectivity index (χ1v) is 2.76. The SMILES string of the molecule is N=C(N)c1cc(N)ccn1. The van der Waals surface area contributed by atoms with Crippen LogP contribution in [0.4, 0.5) is 5.69 Å². The minimum atomic E-state index is -0.0627. The average molecular weight is 136 g/mol. The molecule has 5 N–H and O–H groups in total. The first-order chi connectivity index (χ1) is 4.70. The number of hydrogen-bond acceptors (Lipinski definition) is 3. The second-order valence-corrected chi connectivity index (χ2v) is 1.89. The van der Waals surface area contributed by atoms with Crippen molar-refractivity contribution in [1.82, 2.24) is 4.98 Å². The number of pyridine rings is 1. The van der Waals surface area contributed by atoms with E-state index in [9.17, 15) is 0 Å². The number of amidine groups is 1. The largest absolute Gasteiger partial charge is 0.399 e. The quantitative estimate of drug-likeness (QED) is 0.373. The van der Waals surface area contributed by atoms with Crippen molar-refractivity contribution in [3.63, 3.8) is 0 Å². The summed E-state index contributed by atoms with van der Waals surface area (Å²) in [6.07, 6.45) is 1.52. The van der Waals surface area contributed by atoms with Crippen LogP contribution in [0.1, 0.15) is 5.69 Å². The Morgan fingerprint density at radius 3 is 2.70 bits per heavy atom. The van der Waals surface area contributed by atoms with E-state index in [0.29, 0.717) is 11.4 Å². The zero-order valence-electron chi connectivity index (χ0n) is 5.33. The molecule has 1 heterocycles. The van der Waals surface area contributed by atoms with Gasteiger partial charge in [0.1, 0.15) is 11.5 Å². The van der Waals surface area contributed by atoms with Crippen LogP contribution in [0.2, 0.25) is 0 Å². The molecule has 0 atom stereocenters. The van der Waals surface area contributed by atoms with E-state index < -0.39 is 0 Å². The Balaban J connectivity index is 3.07. The summed E-state index contributed by atoms with van der Waals surface area (Å²) in [7, 11) is 0. The van der Waals surface area contributed by atoms with Gasteiger partial charge in [-0.15, -0.1) is 0 Å². The first kappa shape index (κ1) is 6.54. The van der Waals surface area contributed by atoms with Crippen LogP contribution in [0.5, 0.6) is 0 Å². The van der Waals surface area contributed by atoms with Gasteiger partial charge < -0.3 is 11.5 Å². The molecule has 1 aromatic rings. The van der Waals surface area contributed by atoms with E-state index in [-0.39, 0.29) is 5.84 Å². The van der Waals surface area contributed by atoms with Gasteiger partial charge >= 0.3 is 0 Å². The summed E-state index contributed by atoms with van der Waals surface area (Å²) in [5.41, 5.74) is 11.5. The molecule has 0 aromatic carbocycles. The lowest BCUT2D eigenvalue weighted by molar-refractivity contribution is 1.26. The van der Waals surface area contributed by atoms with Gasteiger partial charge in [0, 0.05) is 11.9 Å². The molecule has 0 aliphatic heterocycles. The fourth-order valence-electron chi connectivity index (χ4n) is 0.594. The fraction of sp³-hybridized carbons (Fsp3) is 0.